The minimum absolute atomic E-state index is 0.0445. The van der Waals surface area contributed by atoms with Crippen molar-refractivity contribution in [2.45, 2.75) is 19.4 Å². The summed E-state index contributed by atoms with van der Waals surface area (Å²) < 4.78 is 6.24. The number of rotatable bonds is 4. The fourth-order valence-electron chi connectivity index (χ4n) is 3.32. The number of thiazole rings is 1. The quantitative estimate of drug-likeness (QED) is 0.477. The van der Waals surface area contributed by atoms with Gasteiger partial charge in [0.1, 0.15) is 18.2 Å². The van der Waals surface area contributed by atoms with Gasteiger partial charge < -0.3 is 4.74 Å². The molecule has 1 aromatic carbocycles. The van der Waals surface area contributed by atoms with Crippen LogP contribution in [0.3, 0.4) is 0 Å². The summed E-state index contributed by atoms with van der Waals surface area (Å²) in [5.41, 5.74) is 0.861. The molecule has 0 saturated carbocycles. The number of para-hydroxylation sites is 1. The first-order valence-corrected chi connectivity index (χ1v) is 8.95. The number of aromatic nitrogens is 1. The van der Waals surface area contributed by atoms with E-state index in [0.717, 1.165) is 15.1 Å². The van der Waals surface area contributed by atoms with Crippen molar-refractivity contribution < 1.29 is 19.1 Å². The first-order chi connectivity index (χ1) is 12.1. The number of esters is 1. The largest absolute Gasteiger partial charge is 0.457 e. The van der Waals surface area contributed by atoms with E-state index < -0.39 is 5.97 Å². The van der Waals surface area contributed by atoms with Crippen molar-refractivity contribution in [2.75, 3.05) is 6.54 Å². The highest BCUT2D eigenvalue weighted by atomic mass is 32.1. The van der Waals surface area contributed by atoms with Crippen LogP contribution in [0.2, 0.25) is 0 Å². The molecule has 1 aliphatic heterocycles. The van der Waals surface area contributed by atoms with Crippen LogP contribution in [-0.4, -0.2) is 34.2 Å². The Morgan fingerprint density at radius 2 is 1.84 bits per heavy atom. The third kappa shape index (κ3) is 2.95. The third-order valence-corrected chi connectivity index (χ3v) is 5.59. The molecule has 0 N–H and O–H groups in total. The number of ether oxygens (including phenoxy) is 1. The molecule has 1 saturated heterocycles. The molecule has 25 heavy (non-hydrogen) atoms. The van der Waals surface area contributed by atoms with Crippen molar-refractivity contribution in [3.05, 3.63) is 41.4 Å². The van der Waals surface area contributed by atoms with E-state index in [1.165, 1.54) is 11.3 Å². The fraction of sp³-hybridized carbons (Fsp3) is 0.333. The van der Waals surface area contributed by atoms with E-state index in [4.69, 9.17) is 4.74 Å². The number of benzene rings is 1. The van der Waals surface area contributed by atoms with Gasteiger partial charge in [-0.1, -0.05) is 24.3 Å². The van der Waals surface area contributed by atoms with Crippen LogP contribution in [0, 0.1) is 11.8 Å². The summed E-state index contributed by atoms with van der Waals surface area (Å²) in [5, 5.41) is 0.687. The van der Waals surface area contributed by atoms with Crippen LogP contribution in [0.15, 0.2) is 36.4 Å². The van der Waals surface area contributed by atoms with E-state index in [1.807, 2.05) is 36.4 Å². The molecule has 6 nitrogen and oxygen atoms in total. The number of allylic oxidation sites excluding steroid dienone is 2. The molecule has 128 valence electrons. The van der Waals surface area contributed by atoms with Crippen LogP contribution in [-0.2, 0) is 25.7 Å². The van der Waals surface area contributed by atoms with Crippen LogP contribution >= 0.6 is 11.3 Å². The van der Waals surface area contributed by atoms with E-state index >= 15 is 0 Å². The zero-order valence-corrected chi connectivity index (χ0v) is 14.2. The lowest BCUT2D eigenvalue weighted by Crippen LogP contribution is -2.36. The molecule has 0 bridgehead atoms. The van der Waals surface area contributed by atoms with Gasteiger partial charge in [-0.15, -0.1) is 11.3 Å². The first-order valence-electron chi connectivity index (χ1n) is 8.14. The zero-order valence-electron chi connectivity index (χ0n) is 13.4. The summed E-state index contributed by atoms with van der Waals surface area (Å²) in [4.78, 5) is 42.2. The SMILES string of the molecule is O=C(CN1C(=O)[C@H]2CC=CC[C@@H]2C1=O)OCc1nc2ccccc2s1. The summed E-state index contributed by atoms with van der Waals surface area (Å²) in [5.74, 6) is -1.77. The van der Waals surface area contributed by atoms with E-state index in [9.17, 15) is 14.4 Å². The molecule has 2 aliphatic rings. The Labute approximate surface area is 148 Å². The predicted molar refractivity (Wildman–Crippen MR) is 91.5 cm³/mol. The predicted octanol–water partition coefficient (Wildman–Crippen LogP) is 2.29. The number of fused-ring (bicyclic) bond motifs is 2. The van der Waals surface area contributed by atoms with Gasteiger partial charge in [0.15, 0.2) is 0 Å². The highest BCUT2D eigenvalue weighted by Crippen LogP contribution is 2.34. The molecule has 4 rings (SSSR count). The van der Waals surface area contributed by atoms with Crippen molar-refractivity contribution in [1.82, 2.24) is 9.88 Å². The van der Waals surface area contributed by atoms with Gasteiger partial charge in [-0.05, 0) is 25.0 Å². The van der Waals surface area contributed by atoms with Crippen molar-refractivity contribution in [3.63, 3.8) is 0 Å². The number of carbonyl (C=O) groups excluding carboxylic acids is 3. The number of likely N-dealkylation sites (tertiary alicyclic amines) is 1. The molecular weight excluding hydrogens is 340 g/mol. The third-order valence-electron chi connectivity index (χ3n) is 4.58. The molecule has 2 aromatic rings. The standard InChI is InChI=1S/C18H16N2O4S/c21-16(24-10-15-19-13-7-3-4-8-14(13)25-15)9-20-17(22)11-5-1-2-6-12(11)18(20)23/h1-4,7-8,11-12H,5-6,9-10H2/t11-,12-/m0/s1. The molecule has 2 heterocycles. The second kappa shape index (κ2) is 6.40. The zero-order chi connectivity index (χ0) is 17.4. The van der Waals surface area contributed by atoms with Gasteiger partial charge in [0.05, 0.1) is 22.1 Å². The lowest BCUT2D eigenvalue weighted by atomic mass is 9.85. The van der Waals surface area contributed by atoms with Crippen molar-refractivity contribution in [1.29, 1.82) is 0 Å². The van der Waals surface area contributed by atoms with E-state index in [0.29, 0.717) is 17.8 Å². The highest BCUT2D eigenvalue weighted by Gasteiger charge is 2.47. The molecule has 1 aliphatic carbocycles. The van der Waals surface area contributed by atoms with Gasteiger partial charge in [-0.3, -0.25) is 19.3 Å². The minimum Gasteiger partial charge on any atom is -0.457 e. The Bertz CT molecular complexity index is 829. The lowest BCUT2D eigenvalue weighted by molar-refractivity contribution is -0.153. The maximum absolute atomic E-state index is 12.3. The molecule has 0 spiro atoms. The molecule has 7 heteroatoms. The van der Waals surface area contributed by atoms with Gasteiger partial charge in [0.25, 0.3) is 0 Å². The Morgan fingerprint density at radius 1 is 1.16 bits per heavy atom. The lowest BCUT2D eigenvalue weighted by Gasteiger charge is -2.14. The molecule has 1 fully saturated rings. The number of hydrogen-bond donors (Lipinski definition) is 0. The second-order valence-electron chi connectivity index (χ2n) is 6.15. The van der Waals surface area contributed by atoms with Gasteiger partial charge in [0, 0.05) is 0 Å². The van der Waals surface area contributed by atoms with Crippen molar-refractivity contribution >= 4 is 39.3 Å². The van der Waals surface area contributed by atoms with Crippen molar-refractivity contribution in [2.24, 2.45) is 11.8 Å². The monoisotopic (exact) mass is 356 g/mol. The highest BCUT2D eigenvalue weighted by molar-refractivity contribution is 7.18. The van der Waals surface area contributed by atoms with Crippen LogP contribution in [0.4, 0.5) is 0 Å². The van der Waals surface area contributed by atoms with Crippen LogP contribution in [0.25, 0.3) is 10.2 Å². The summed E-state index contributed by atoms with van der Waals surface area (Å²) in [6.07, 6.45) is 4.96. The number of hydrogen-bond acceptors (Lipinski definition) is 6. The van der Waals surface area contributed by atoms with Gasteiger partial charge >= 0.3 is 5.97 Å². The minimum atomic E-state index is -0.590. The van der Waals surface area contributed by atoms with E-state index in [2.05, 4.69) is 4.98 Å². The topological polar surface area (TPSA) is 76.6 Å². The molecule has 0 radical (unpaired) electrons. The van der Waals surface area contributed by atoms with Gasteiger partial charge in [-0.25, -0.2) is 4.98 Å². The summed E-state index contributed by atoms with van der Waals surface area (Å²) in [6.45, 7) is -0.279. The smallest absolute Gasteiger partial charge is 0.326 e. The Morgan fingerprint density at radius 3 is 2.52 bits per heavy atom. The van der Waals surface area contributed by atoms with E-state index in [-0.39, 0.29) is 36.8 Å². The summed E-state index contributed by atoms with van der Waals surface area (Å²) >= 11 is 1.46. The number of carbonyl (C=O) groups is 3. The molecule has 2 amide bonds. The van der Waals surface area contributed by atoms with Crippen LogP contribution < -0.4 is 0 Å². The molecular formula is C18H16N2O4S. The number of imide groups is 1. The molecule has 2 atom stereocenters. The Hall–Kier alpha value is -2.54. The van der Waals surface area contributed by atoms with Crippen LogP contribution in [0.1, 0.15) is 17.8 Å². The molecule has 0 unspecified atom stereocenters. The maximum atomic E-state index is 12.3. The van der Waals surface area contributed by atoms with Gasteiger partial charge in [-0.2, -0.15) is 0 Å². The summed E-state index contributed by atoms with van der Waals surface area (Å²) in [7, 11) is 0. The Balaban J connectivity index is 1.37. The average Bonchev–Trinajstić information content (AvgIpc) is 3.15. The normalized spacial score (nSPS) is 22.5. The molecule has 1 aromatic heterocycles. The van der Waals surface area contributed by atoms with Gasteiger partial charge in [0.2, 0.25) is 11.8 Å². The number of nitrogens with zero attached hydrogens (tertiary/aromatic N) is 2. The fourth-order valence-corrected chi connectivity index (χ4v) is 4.20. The average molecular weight is 356 g/mol. The van der Waals surface area contributed by atoms with E-state index in [1.54, 1.807) is 0 Å². The maximum Gasteiger partial charge on any atom is 0.326 e. The summed E-state index contributed by atoms with van der Waals surface area (Å²) in [6, 6.07) is 7.68. The first kappa shape index (κ1) is 16.0. The Kier molecular flexibility index (Phi) is 4.09. The second-order valence-corrected chi connectivity index (χ2v) is 7.27. The number of amides is 2. The van der Waals surface area contributed by atoms with Crippen molar-refractivity contribution in [3.8, 4) is 0 Å². The van der Waals surface area contributed by atoms with Crippen LogP contribution in [0.5, 0.6) is 0 Å².